The van der Waals surface area contributed by atoms with Crippen LogP contribution in [0, 0.1) is 0 Å². The second-order valence-electron chi connectivity index (χ2n) is 21.3. The van der Waals surface area contributed by atoms with Crippen molar-refractivity contribution in [3.05, 3.63) is 134 Å². The maximum Gasteiger partial charge on any atom is 0.306 e. The van der Waals surface area contributed by atoms with Gasteiger partial charge in [0.1, 0.15) is 13.2 Å². The van der Waals surface area contributed by atoms with Crippen LogP contribution in [-0.4, -0.2) is 82.3 Å². The molecule has 9 heteroatoms. The van der Waals surface area contributed by atoms with Gasteiger partial charge in [0.15, 0.2) is 12.4 Å². The van der Waals surface area contributed by atoms with Gasteiger partial charge < -0.3 is 33.3 Å². The van der Waals surface area contributed by atoms with Gasteiger partial charge in [-0.2, -0.15) is 0 Å². The summed E-state index contributed by atoms with van der Waals surface area (Å²) in [6.07, 6.45) is 80.9. The molecule has 0 rings (SSSR count). The number of carbonyl (C=O) groups is 3. The molecule has 9 nitrogen and oxygen atoms in total. The molecule has 0 amide bonds. The largest absolute Gasteiger partial charge is 0.545 e. The van der Waals surface area contributed by atoms with Gasteiger partial charge in [0, 0.05) is 12.8 Å². The van der Waals surface area contributed by atoms with Crippen molar-refractivity contribution in [1.29, 1.82) is 0 Å². The Morgan fingerprint density at radius 3 is 1.09 bits per heavy atom. The number of rotatable bonds is 55. The third kappa shape index (κ3) is 59.1. The van der Waals surface area contributed by atoms with E-state index >= 15 is 0 Å². The molecule has 0 fully saturated rings. The minimum atomic E-state index is -1.63. The highest BCUT2D eigenvalue weighted by molar-refractivity contribution is 5.70. The Kier molecular flexibility index (Phi) is 55.1. The van der Waals surface area contributed by atoms with Gasteiger partial charge in [-0.15, -0.1) is 0 Å². The third-order valence-electron chi connectivity index (χ3n) is 12.7. The number of carboxylic acids is 1. The highest BCUT2D eigenvalue weighted by atomic mass is 16.7. The molecule has 0 saturated heterocycles. The van der Waals surface area contributed by atoms with Crippen molar-refractivity contribution in [2.75, 3.05) is 47.5 Å². The standard InChI is InChI=1S/C69H113NO8/c1-6-8-10-12-14-16-18-20-21-22-23-24-25-26-27-28-29-30-31-32-33-34-35-36-37-38-39-40-41-42-43-44-45-46-47-48-50-52-54-56-58-60-67(72)78-65(64-77-69(68(73)74)75-62-61-70(3,4)5)63-76-66(71)59-57-55-53-51-49-19-17-15-13-11-9-7-2/h8,10,14,16,20-21,23-24,26-27,29-30,32-33,35-36,38-39,41-42,44-45,65,69H,6-7,9,11-13,15,17-19,22,25,28,31,34,37,40,43,46-64H2,1-5H3/b10-8-,16-14-,21-20-,24-23-,27-26-,30-29-,33-32-,36-35-,39-38-,42-41-,45-44-. The van der Waals surface area contributed by atoms with Crippen LogP contribution in [0.25, 0.3) is 0 Å². The number of nitrogens with zero attached hydrogens (tertiary/aromatic N) is 1. The van der Waals surface area contributed by atoms with E-state index in [1.165, 1.54) is 77.0 Å². The molecule has 0 spiro atoms. The van der Waals surface area contributed by atoms with E-state index in [4.69, 9.17) is 18.9 Å². The lowest BCUT2D eigenvalue weighted by Crippen LogP contribution is -2.44. The first-order valence-corrected chi connectivity index (χ1v) is 30.8. The van der Waals surface area contributed by atoms with Gasteiger partial charge >= 0.3 is 11.9 Å². The van der Waals surface area contributed by atoms with Crippen molar-refractivity contribution in [3.8, 4) is 0 Å². The monoisotopic (exact) mass is 1080 g/mol. The molecule has 2 atom stereocenters. The predicted molar refractivity (Wildman–Crippen MR) is 329 cm³/mol. The van der Waals surface area contributed by atoms with E-state index in [0.717, 1.165) is 116 Å². The molecule has 442 valence electrons. The number of esters is 2. The van der Waals surface area contributed by atoms with Gasteiger partial charge in [-0.05, 0) is 96.3 Å². The van der Waals surface area contributed by atoms with E-state index in [2.05, 4.69) is 148 Å². The number of aliphatic carboxylic acids is 1. The molecule has 0 radical (unpaired) electrons. The molecule has 0 N–H and O–H groups in total. The molecule has 0 aromatic heterocycles. The molecule has 2 unspecified atom stereocenters. The van der Waals surface area contributed by atoms with Crippen molar-refractivity contribution in [2.24, 2.45) is 0 Å². The zero-order chi connectivity index (χ0) is 56.9. The lowest BCUT2D eigenvalue weighted by molar-refractivity contribution is -0.870. The van der Waals surface area contributed by atoms with Crippen LogP contribution >= 0.6 is 0 Å². The summed E-state index contributed by atoms with van der Waals surface area (Å²) in [5.41, 5.74) is 0. The summed E-state index contributed by atoms with van der Waals surface area (Å²) < 4.78 is 22.6. The average molecular weight is 1080 g/mol. The summed E-state index contributed by atoms with van der Waals surface area (Å²) in [6, 6.07) is 0. The smallest absolute Gasteiger partial charge is 0.306 e. The van der Waals surface area contributed by atoms with Gasteiger partial charge in [0.25, 0.3) is 0 Å². The van der Waals surface area contributed by atoms with Gasteiger partial charge in [-0.25, -0.2) is 0 Å². The van der Waals surface area contributed by atoms with Crippen molar-refractivity contribution in [3.63, 3.8) is 0 Å². The van der Waals surface area contributed by atoms with Crippen LogP contribution in [0.5, 0.6) is 0 Å². The van der Waals surface area contributed by atoms with E-state index < -0.39 is 24.3 Å². The molecule has 0 aromatic carbocycles. The average Bonchev–Trinajstić information content (AvgIpc) is 3.41. The van der Waals surface area contributed by atoms with E-state index in [9.17, 15) is 19.5 Å². The quantitative estimate of drug-likeness (QED) is 0.0195. The Balaban J connectivity index is 4.16. The minimum Gasteiger partial charge on any atom is -0.545 e. The first-order valence-electron chi connectivity index (χ1n) is 30.8. The van der Waals surface area contributed by atoms with Crippen molar-refractivity contribution in [1.82, 2.24) is 0 Å². The van der Waals surface area contributed by atoms with E-state index in [1.807, 2.05) is 21.1 Å². The second kappa shape index (κ2) is 58.6. The van der Waals surface area contributed by atoms with Gasteiger partial charge in [-0.1, -0.05) is 250 Å². The summed E-state index contributed by atoms with van der Waals surface area (Å²) >= 11 is 0. The fraction of sp³-hybridized carbons (Fsp3) is 0.638. The topological polar surface area (TPSA) is 111 Å². The number of hydrogen-bond acceptors (Lipinski definition) is 8. The fourth-order valence-corrected chi connectivity index (χ4v) is 7.95. The first-order chi connectivity index (χ1) is 38.1. The highest BCUT2D eigenvalue weighted by Crippen LogP contribution is 2.15. The SMILES string of the molecule is CC/C=C\C/C=C\C/C=C\C/C=C\C/C=C\C/C=C\C/C=C\C/C=C\C/C=C\C/C=C\C/C=C\CCCCCCCCCC(=O)OC(COC(=O)CCCCCCCCCCCCCC)COC(OCC[N+](C)(C)C)C(=O)[O-]. The summed E-state index contributed by atoms with van der Waals surface area (Å²) in [5.74, 6) is -2.31. The maximum absolute atomic E-state index is 12.8. The van der Waals surface area contributed by atoms with Crippen molar-refractivity contribution < 1.29 is 42.9 Å². The second-order valence-corrected chi connectivity index (χ2v) is 21.3. The fourth-order valence-electron chi connectivity index (χ4n) is 7.95. The number of likely N-dealkylation sites (N-methyl/N-ethyl adjacent to an activating group) is 1. The molecular weight excluding hydrogens is 971 g/mol. The number of quaternary nitrogens is 1. The zero-order valence-corrected chi connectivity index (χ0v) is 50.2. The molecule has 0 aromatic rings. The lowest BCUT2D eigenvalue weighted by Gasteiger charge is -2.26. The lowest BCUT2D eigenvalue weighted by atomic mass is 10.0. The van der Waals surface area contributed by atoms with Crippen LogP contribution in [0.3, 0.4) is 0 Å². The Morgan fingerprint density at radius 2 is 0.731 bits per heavy atom. The minimum absolute atomic E-state index is 0.140. The van der Waals surface area contributed by atoms with Crippen molar-refractivity contribution >= 4 is 17.9 Å². The zero-order valence-electron chi connectivity index (χ0n) is 50.2. The van der Waals surface area contributed by atoms with E-state index in [-0.39, 0.29) is 38.6 Å². The Bertz CT molecular complexity index is 1740. The molecule has 0 saturated carbocycles. The number of carbonyl (C=O) groups excluding carboxylic acids is 3. The molecule has 0 bridgehead atoms. The Hall–Kier alpha value is -4.57. The van der Waals surface area contributed by atoms with Gasteiger partial charge in [0.2, 0.25) is 0 Å². The summed E-state index contributed by atoms with van der Waals surface area (Å²) in [6.45, 7) is 4.60. The molecule has 0 aliphatic rings. The van der Waals surface area contributed by atoms with E-state index in [1.54, 1.807) is 0 Å². The number of ether oxygens (including phenoxy) is 4. The normalized spacial score (nSPS) is 13.7. The molecule has 0 aliphatic carbocycles. The van der Waals surface area contributed by atoms with Gasteiger partial charge in [0.05, 0.1) is 40.3 Å². The molecule has 0 aliphatic heterocycles. The Labute approximate surface area is 478 Å². The van der Waals surface area contributed by atoms with E-state index in [0.29, 0.717) is 17.4 Å². The van der Waals surface area contributed by atoms with Crippen LogP contribution in [0.2, 0.25) is 0 Å². The summed E-state index contributed by atoms with van der Waals surface area (Å²) in [5, 5.41) is 11.8. The van der Waals surface area contributed by atoms with Crippen molar-refractivity contribution in [2.45, 2.75) is 238 Å². The maximum atomic E-state index is 12.8. The number of carboxylic acid groups (broad SMARTS) is 1. The number of allylic oxidation sites excluding steroid dienone is 22. The van der Waals surface area contributed by atoms with Crippen LogP contribution < -0.4 is 5.11 Å². The molecule has 0 heterocycles. The predicted octanol–water partition coefficient (Wildman–Crippen LogP) is 17.3. The highest BCUT2D eigenvalue weighted by Gasteiger charge is 2.22. The summed E-state index contributed by atoms with van der Waals surface area (Å²) in [4.78, 5) is 37.2. The third-order valence-corrected chi connectivity index (χ3v) is 12.7. The number of hydrogen-bond donors (Lipinski definition) is 0. The van der Waals surface area contributed by atoms with Crippen LogP contribution in [0.15, 0.2) is 134 Å². The first kappa shape index (κ1) is 73.4. The van der Waals surface area contributed by atoms with Gasteiger partial charge in [-0.3, -0.25) is 9.59 Å². The molecule has 78 heavy (non-hydrogen) atoms. The van der Waals surface area contributed by atoms with Crippen LogP contribution in [-0.2, 0) is 33.3 Å². The Morgan fingerprint density at radius 1 is 0.397 bits per heavy atom. The van der Waals surface area contributed by atoms with Crippen LogP contribution in [0.1, 0.15) is 226 Å². The van der Waals surface area contributed by atoms with Crippen LogP contribution in [0.4, 0.5) is 0 Å². The number of unbranched alkanes of at least 4 members (excludes halogenated alkanes) is 18. The molecular formula is C69H113NO8. The summed E-state index contributed by atoms with van der Waals surface area (Å²) in [7, 11) is 5.91.